The lowest BCUT2D eigenvalue weighted by Gasteiger charge is -2.10. The summed E-state index contributed by atoms with van der Waals surface area (Å²) < 4.78 is 5.94. The summed E-state index contributed by atoms with van der Waals surface area (Å²) in [6, 6.07) is 5.06. The molecule has 1 rings (SSSR count). The molecule has 0 aliphatic rings. The van der Waals surface area contributed by atoms with Crippen LogP contribution in [0.2, 0.25) is 0 Å². The Hall–Kier alpha value is -1.29. The highest BCUT2D eigenvalue weighted by molar-refractivity contribution is 9.10. The fraction of sp³-hybridized carbons (Fsp3) is 0.250. The molecule has 0 saturated heterocycles. The third-order valence-electron chi connectivity index (χ3n) is 1.98. The van der Waals surface area contributed by atoms with Crippen molar-refractivity contribution < 1.29 is 14.6 Å². The van der Waals surface area contributed by atoms with Crippen LogP contribution in [0, 0.1) is 0 Å². The fourth-order valence-electron chi connectivity index (χ4n) is 1.17. The maximum absolute atomic E-state index is 11.0. The Morgan fingerprint density at radius 2 is 2.25 bits per heavy atom. The van der Waals surface area contributed by atoms with Crippen LogP contribution in [-0.4, -0.2) is 17.7 Å². The van der Waals surface area contributed by atoms with Crippen LogP contribution in [0.4, 0.5) is 0 Å². The fourth-order valence-corrected chi connectivity index (χ4v) is 1.69. The topological polar surface area (TPSA) is 46.5 Å². The monoisotopic (exact) mass is 284 g/mol. The molecule has 0 aromatic heterocycles. The van der Waals surface area contributed by atoms with Gasteiger partial charge in [0.05, 0.1) is 6.61 Å². The van der Waals surface area contributed by atoms with Gasteiger partial charge in [0.1, 0.15) is 11.3 Å². The quantitative estimate of drug-likeness (QED) is 0.842. The maximum atomic E-state index is 11.0. The van der Waals surface area contributed by atoms with Gasteiger partial charge < -0.3 is 9.84 Å². The zero-order valence-corrected chi connectivity index (χ0v) is 10.6. The minimum absolute atomic E-state index is 0.157. The van der Waals surface area contributed by atoms with Gasteiger partial charge in [-0.05, 0) is 35.0 Å². The van der Waals surface area contributed by atoms with Crippen LogP contribution in [0.5, 0.6) is 5.75 Å². The molecule has 1 N–H and O–H groups in total. The molecule has 0 amide bonds. The van der Waals surface area contributed by atoms with Gasteiger partial charge in [-0.2, -0.15) is 0 Å². The Kier molecular flexibility index (Phi) is 4.55. The number of ether oxygens (including phenoxy) is 1. The molecule has 4 heteroatoms. The molecule has 0 saturated carbocycles. The van der Waals surface area contributed by atoms with Crippen molar-refractivity contribution >= 4 is 21.9 Å². The molecular formula is C12H13BrO3. The van der Waals surface area contributed by atoms with E-state index in [4.69, 9.17) is 9.84 Å². The van der Waals surface area contributed by atoms with E-state index in [1.807, 2.05) is 6.92 Å². The van der Waals surface area contributed by atoms with Crippen LogP contribution in [-0.2, 0) is 0 Å². The van der Waals surface area contributed by atoms with Gasteiger partial charge in [0.2, 0.25) is 0 Å². The number of hydrogen-bond acceptors (Lipinski definition) is 2. The third kappa shape index (κ3) is 3.38. The number of carboxylic acids is 1. The van der Waals surface area contributed by atoms with Crippen molar-refractivity contribution in [3.8, 4) is 5.75 Å². The van der Waals surface area contributed by atoms with Crippen LogP contribution in [0.3, 0.4) is 0 Å². The first kappa shape index (κ1) is 12.8. The van der Waals surface area contributed by atoms with E-state index in [1.165, 1.54) is 0 Å². The van der Waals surface area contributed by atoms with Crippen LogP contribution in [0.1, 0.15) is 23.7 Å². The summed E-state index contributed by atoms with van der Waals surface area (Å²) in [5, 5.41) is 9.03. The average Bonchev–Trinajstić information content (AvgIpc) is 2.16. The van der Waals surface area contributed by atoms with Gasteiger partial charge in [-0.3, -0.25) is 0 Å². The predicted molar refractivity (Wildman–Crippen MR) is 66.0 cm³/mol. The summed E-state index contributed by atoms with van der Waals surface area (Å²) in [4.78, 5) is 11.0. The molecule has 1 aromatic carbocycles. The van der Waals surface area contributed by atoms with Gasteiger partial charge in [0, 0.05) is 10.9 Å². The number of carbonyl (C=O) groups is 1. The van der Waals surface area contributed by atoms with Crippen molar-refractivity contribution in [1.29, 1.82) is 0 Å². The number of aromatic carboxylic acids is 1. The molecule has 3 nitrogen and oxygen atoms in total. The molecule has 1 aromatic rings. The van der Waals surface area contributed by atoms with E-state index in [9.17, 15) is 4.79 Å². The van der Waals surface area contributed by atoms with Crippen molar-refractivity contribution in [2.45, 2.75) is 13.3 Å². The molecule has 0 radical (unpaired) electrons. The zero-order chi connectivity index (χ0) is 12.1. The van der Waals surface area contributed by atoms with Crippen molar-refractivity contribution in [1.82, 2.24) is 0 Å². The van der Waals surface area contributed by atoms with E-state index in [-0.39, 0.29) is 5.56 Å². The highest BCUT2D eigenvalue weighted by atomic mass is 79.9. The second-order valence-electron chi connectivity index (χ2n) is 3.47. The van der Waals surface area contributed by atoms with Crippen molar-refractivity contribution in [2.24, 2.45) is 0 Å². The number of carboxylic acid groups (broad SMARTS) is 1. The first-order chi connectivity index (χ1) is 7.52. The molecule has 16 heavy (non-hydrogen) atoms. The highest BCUT2D eigenvalue weighted by Gasteiger charge is 2.14. The summed E-state index contributed by atoms with van der Waals surface area (Å²) in [7, 11) is 0. The normalized spacial score (nSPS) is 9.88. The molecule has 0 heterocycles. The lowest BCUT2D eigenvalue weighted by molar-refractivity contribution is 0.0691. The van der Waals surface area contributed by atoms with Crippen LogP contribution >= 0.6 is 15.9 Å². The standard InChI is InChI=1S/C12H13BrO3/c1-8(2)6-7-16-10-5-3-4-9(13)11(10)12(14)15/h3-5H,1,6-7H2,2H3,(H,14,15). The minimum atomic E-state index is -1.00. The summed E-state index contributed by atoms with van der Waals surface area (Å²) in [5.74, 6) is -0.624. The summed E-state index contributed by atoms with van der Waals surface area (Å²) in [6.07, 6.45) is 0.714. The summed E-state index contributed by atoms with van der Waals surface area (Å²) in [6.45, 7) is 6.10. The number of halogens is 1. The zero-order valence-electron chi connectivity index (χ0n) is 9.00. The van der Waals surface area contributed by atoms with Crippen LogP contribution in [0.15, 0.2) is 34.8 Å². The van der Waals surface area contributed by atoms with Gasteiger partial charge in [0.15, 0.2) is 0 Å². The lowest BCUT2D eigenvalue weighted by Crippen LogP contribution is -2.05. The Bertz CT molecular complexity index is 413. The molecule has 0 aliphatic heterocycles. The minimum Gasteiger partial charge on any atom is -0.492 e. The van der Waals surface area contributed by atoms with Crippen LogP contribution < -0.4 is 4.74 Å². The Labute approximate surface area is 103 Å². The first-order valence-corrected chi connectivity index (χ1v) is 5.60. The smallest absolute Gasteiger partial charge is 0.340 e. The van der Waals surface area contributed by atoms with Gasteiger partial charge >= 0.3 is 5.97 Å². The van der Waals surface area contributed by atoms with Gasteiger partial charge in [-0.25, -0.2) is 4.79 Å². The first-order valence-electron chi connectivity index (χ1n) is 4.81. The Morgan fingerprint density at radius 1 is 1.56 bits per heavy atom. The molecule has 0 fully saturated rings. The lowest BCUT2D eigenvalue weighted by atomic mass is 10.2. The van der Waals surface area contributed by atoms with E-state index < -0.39 is 5.97 Å². The highest BCUT2D eigenvalue weighted by Crippen LogP contribution is 2.26. The van der Waals surface area contributed by atoms with Gasteiger partial charge in [-0.1, -0.05) is 11.6 Å². The van der Waals surface area contributed by atoms with E-state index in [2.05, 4.69) is 22.5 Å². The van der Waals surface area contributed by atoms with E-state index >= 15 is 0 Å². The van der Waals surface area contributed by atoms with Crippen LogP contribution in [0.25, 0.3) is 0 Å². The largest absolute Gasteiger partial charge is 0.492 e. The molecule has 0 atom stereocenters. The maximum Gasteiger partial charge on any atom is 0.340 e. The Morgan fingerprint density at radius 3 is 2.81 bits per heavy atom. The second-order valence-corrected chi connectivity index (χ2v) is 4.33. The van der Waals surface area contributed by atoms with E-state index in [0.717, 1.165) is 5.57 Å². The number of benzene rings is 1. The SMILES string of the molecule is C=C(C)CCOc1cccc(Br)c1C(=O)O. The number of rotatable bonds is 5. The van der Waals surface area contributed by atoms with Gasteiger partial charge in [0.25, 0.3) is 0 Å². The van der Waals surface area contributed by atoms with E-state index in [0.29, 0.717) is 23.2 Å². The number of hydrogen-bond donors (Lipinski definition) is 1. The Balaban J connectivity index is 2.83. The third-order valence-corrected chi connectivity index (χ3v) is 2.64. The predicted octanol–water partition coefficient (Wildman–Crippen LogP) is 3.49. The summed E-state index contributed by atoms with van der Waals surface area (Å²) >= 11 is 3.19. The molecule has 0 unspecified atom stereocenters. The molecule has 0 spiro atoms. The average molecular weight is 285 g/mol. The molecular weight excluding hydrogens is 272 g/mol. The molecule has 0 bridgehead atoms. The van der Waals surface area contributed by atoms with Crippen molar-refractivity contribution in [2.75, 3.05) is 6.61 Å². The van der Waals surface area contributed by atoms with E-state index in [1.54, 1.807) is 18.2 Å². The summed E-state index contributed by atoms with van der Waals surface area (Å²) in [5.41, 5.74) is 1.16. The molecule has 0 aliphatic carbocycles. The van der Waals surface area contributed by atoms with Crippen molar-refractivity contribution in [3.05, 3.63) is 40.4 Å². The second kappa shape index (κ2) is 5.70. The molecule has 86 valence electrons. The van der Waals surface area contributed by atoms with Gasteiger partial charge in [-0.15, -0.1) is 6.58 Å². The van der Waals surface area contributed by atoms with Crippen molar-refractivity contribution in [3.63, 3.8) is 0 Å².